The second kappa shape index (κ2) is 5.32. The number of carbonyl (C=O) groups is 1. The molecule has 0 atom stereocenters. The van der Waals surface area contributed by atoms with Crippen LogP contribution >= 0.6 is 0 Å². The zero-order valence-corrected chi connectivity index (χ0v) is 10.9. The van der Waals surface area contributed by atoms with Crippen molar-refractivity contribution in [2.75, 3.05) is 38.1 Å². The average Bonchev–Trinajstić information content (AvgIpc) is 2.37. The van der Waals surface area contributed by atoms with Crippen LogP contribution in [-0.2, 0) is 6.18 Å². The molecule has 0 saturated carbocycles. The number of carboxylic acid groups (broad SMARTS) is 1. The summed E-state index contributed by atoms with van der Waals surface area (Å²) in [5.74, 6) is -1.34. The number of rotatable bonds is 2. The van der Waals surface area contributed by atoms with Crippen LogP contribution in [0.4, 0.5) is 18.9 Å². The van der Waals surface area contributed by atoms with Crippen molar-refractivity contribution in [1.29, 1.82) is 0 Å². The largest absolute Gasteiger partial charge is 0.478 e. The van der Waals surface area contributed by atoms with Crippen LogP contribution in [-0.4, -0.2) is 49.2 Å². The van der Waals surface area contributed by atoms with Gasteiger partial charge in [0.2, 0.25) is 0 Å². The van der Waals surface area contributed by atoms with E-state index < -0.39 is 17.7 Å². The minimum Gasteiger partial charge on any atom is -0.478 e. The average molecular weight is 288 g/mol. The summed E-state index contributed by atoms with van der Waals surface area (Å²) < 4.78 is 39.3. The number of anilines is 1. The molecular weight excluding hydrogens is 273 g/mol. The van der Waals surface area contributed by atoms with Crippen LogP contribution in [0, 0.1) is 0 Å². The topological polar surface area (TPSA) is 43.8 Å². The summed E-state index contributed by atoms with van der Waals surface area (Å²) in [6.45, 7) is 1.96. The van der Waals surface area contributed by atoms with Gasteiger partial charge in [-0.05, 0) is 19.2 Å². The fraction of sp³-hybridized carbons (Fsp3) is 0.462. The number of nitrogens with zero attached hydrogens (tertiary/aromatic N) is 2. The number of likely N-dealkylation sites (N-methyl/N-ethyl adjacent to an activating group) is 1. The Kier molecular flexibility index (Phi) is 3.89. The van der Waals surface area contributed by atoms with Gasteiger partial charge < -0.3 is 14.9 Å². The Morgan fingerprint density at radius 2 is 1.80 bits per heavy atom. The monoisotopic (exact) mass is 288 g/mol. The van der Waals surface area contributed by atoms with Crippen molar-refractivity contribution >= 4 is 11.7 Å². The highest BCUT2D eigenvalue weighted by atomic mass is 19.4. The highest BCUT2D eigenvalue weighted by Crippen LogP contribution is 2.39. The van der Waals surface area contributed by atoms with Gasteiger partial charge in [-0.2, -0.15) is 13.2 Å². The standard InChI is InChI=1S/C13H15F3N2O2/c1-17-5-7-18(8-6-17)11-9(12(19)20)3-2-4-10(11)13(14,15)16/h2-4H,5-8H2,1H3,(H,19,20). The van der Waals surface area contributed by atoms with Crippen LogP contribution in [0.25, 0.3) is 0 Å². The van der Waals surface area contributed by atoms with Crippen molar-refractivity contribution in [2.24, 2.45) is 0 Å². The quantitative estimate of drug-likeness (QED) is 0.905. The predicted octanol–water partition coefficient (Wildman–Crippen LogP) is 2.16. The van der Waals surface area contributed by atoms with Gasteiger partial charge in [-0.3, -0.25) is 0 Å². The molecule has 0 unspecified atom stereocenters. The first-order chi connectivity index (χ1) is 9.30. The Bertz CT molecular complexity index is 509. The van der Waals surface area contributed by atoms with Crippen LogP contribution in [0.5, 0.6) is 0 Å². The fourth-order valence-electron chi connectivity index (χ4n) is 2.32. The van der Waals surface area contributed by atoms with E-state index in [1.165, 1.54) is 11.0 Å². The summed E-state index contributed by atoms with van der Waals surface area (Å²) in [6.07, 6.45) is -4.57. The van der Waals surface area contributed by atoms with Gasteiger partial charge in [0, 0.05) is 26.2 Å². The lowest BCUT2D eigenvalue weighted by Gasteiger charge is -2.36. The maximum Gasteiger partial charge on any atom is 0.418 e. The van der Waals surface area contributed by atoms with E-state index in [0.29, 0.717) is 26.2 Å². The smallest absolute Gasteiger partial charge is 0.418 e. The molecule has 0 spiro atoms. The summed E-state index contributed by atoms with van der Waals surface area (Å²) in [6, 6.07) is 3.27. The Hall–Kier alpha value is -1.76. The molecule has 1 heterocycles. The lowest BCUT2D eigenvalue weighted by molar-refractivity contribution is -0.137. The number of halogens is 3. The van der Waals surface area contributed by atoms with Crippen LogP contribution in [0.15, 0.2) is 18.2 Å². The van der Waals surface area contributed by atoms with Gasteiger partial charge in [0.25, 0.3) is 0 Å². The SMILES string of the molecule is CN1CCN(c2c(C(=O)O)cccc2C(F)(F)F)CC1. The number of hydrogen-bond donors (Lipinski definition) is 1. The van der Waals surface area contributed by atoms with Crippen molar-refractivity contribution in [3.63, 3.8) is 0 Å². The first-order valence-corrected chi connectivity index (χ1v) is 6.17. The van der Waals surface area contributed by atoms with Crippen LogP contribution < -0.4 is 4.90 Å². The molecule has 110 valence electrons. The molecule has 1 fully saturated rings. The minimum absolute atomic E-state index is 0.222. The third-order valence-electron chi connectivity index (χ3n) is 3.39. The molecule has 0 radical (unpaired) electrons. The number of piperazine rings is 1. The van der Waals surface area contributed by atoms with Gasteiger partial charge >= 0.3 is 12.1 Å². The molecule has 1 aliphatic rings. The Labute approximate surface area is 114 Å². The lowest BCUT2D eigenvalue weighted by atomic mass is 10.0. The van der Waals surface area contributed by atoms with E-state index in [9.17, 15) is 18.0 Å². The second-order valence-corrected chi connectivity index (χ2v) is 4.79. The molecule has 1 aromatic carbocycles. The summed E-state index contributed by atoms with van der Waals surface area (Å²) in [5.41, 5.74) is -1.41. The first kappa shape index (κ1) is 14.6. The molecule has 0 amide bonds. The van der Waals surface area contributed by atoms with Crippen LogP contribution in [0.2, 0.25) is 0 Å². The minimum atomic E-state index is -4.57. The summed E-state index contributed by atoms with van der Waals surface area (Å²) >= 11 is 0. The van der Waals surface area contributed by atoms with E-state index in [2.05, 4.69) is 0 Å². The molecule has 2 rings (SSSR count). The Balaban J connectivity index is 2.50. The first-order valence-electron chi connectivity index (χ1n) is 6.17. The van der Waals surface area contributed by atoms with Crippen molar-refractivity contribution < 1.29 is 23.1 Å². The van der Waals surface area contributed by atoms with Gasteiger partial charge in [0.1, 0.15) is 0 Å². The molecule has 0 aromatic heterocycles. The molecule has 1 aliphatic heterocycles. The maximum absolute atomic E-state index is 13.1. The summed E-state index contributed by atoms with van der Waals surface area (Å²) in [7, 11) is 1.88. The Morgan fingerprint density at radius 3 is 2.30 bits per heavy atom. The molecular formula is C13H15F3N2O2. The van der Waals surface area contributed by atoms with E-state index in [1.807, 2.05) is 11.9 Å². The van der Waals surface area contributed by atoms with Gasteiger partial charge in [0.05, 0.1) is 16.8 Å². The van der Waals surface area contributed by atoms with Crippen molar-refractivity contribution in [1.82, 2.24) is 4.90 Å². The van der Waals surface area contributed by atoms with E-state index >= 15 is 0 Å². The van der Waals surface area contributed by atoms with Gasteiger partial charge in [0.15, 0.2) is 0 Å². The zero-order chi connectivity index (χ0) is 14.9. The molecule has 0 aliphatic carbocycles. The second-order valence-electron chi connectivity index (χ2n) is 4.79. The van der Waals surface area contributed by atoms with Crippen LogP contribution in [0.3, 0.4) is 0 Å². The van der Waals surface area contributed by atoms with Gasteiger partial charge in [-0.15, -0.1) is 0 Å². The van der Waals surface area contributed by atoms with E-state index in [-0.39, 0.29) is 11.3 Å². The number of aromatic carboxylic acids is 1. The normalized spacial score (nSPS) is 17.3. The third-order valence-corrected chi connectivity index (χ3v) is 3.39. The molecule has 0 bridgehead atoms. The summed E-state index contributed by atoms with van der Waals surface area (Å²) in [5, 5.41) is 9.13. The van der Waals surface area contributed by atoms with Crippen molar-refractivity contribution in [3.05, 3.63) is 29.3 Å². The number of alkyl halides is 3. The highest BCUT2D eigenvalue weighted by Gasteiger charge is 2.37. The molecule has 7 heteroatoms. The molecule has 4 nitrogen and oxygen atoms in total. The molecule has 1 saturated heterocycles. The zero-order valence-electron chi connectivity index (χ0n) is 10.9. The summed E-state index contributed by atoms with van der Waals surface area (Å²) in [4.78, 5) is 14.7. The van der Waals surface area contributed by atoms with Gasteiger partial charge in [-0.25, -0.2) is 4.79 Å². The predicted molar refractivity (Wildman–Crippen MR) is 68.1 cm³/mol. The van der Waals surface area contributed by atoms with Crippen LogP contribution in [0.1, 0.15) is 15.9 Å². The van der Waals surface area contributed by atoms with Gasteiger partial charge in [-0.1, -0.05) is 6.07 Å². The fourth-order valence-corrected chi connectivity index (χ4v) is 2.32. The molecule has 20 heavy (non-hydrogen) atoms. The molecule has 1 N–H and O–H groups in total. The number of benzene rings is 1. The van der Waals surface area contributed by atoms with Crippen molar-refractivity contribution in [2.45, 2.75) is 6.18 Å². The molecule has 1 aromatic rings. The van der Waals surface area contributed by atoms with E-state index in [1.54, 1.807) is 0 Å². The van der Waals surface area contributed by atoms with E-state index in [0.717, 1.165) is 12.1 Å². The van der Waals surface area contributed by atoms with E-state index in [4.69, 9.17) is 5.11 Å². The third kappa shape index (κ3) is 2.87. The maximum atomic E-state index is 13.1. The number of carboxylic acids is 1. The lowest BCUT2D eigenvalue weighted by Crippen LogP contribution is -2.45. The Morgan fingerprint density at radius 1 is 1.20 bits per heavy atom. The highest BCUT2D eigenvalue weighted by molar-refractivity contribution is 5.95. The number of para-hydroxylation sites is 1. The number of hydrogen-bond acceptors (Lipinski definition) is 3. The van der Waals surface area contributed by atoms with Crippen molar-refractivity contribution in [3.8, 4) is 0 Å².